The minimum Gasteiger partial charge on any atom is -0.466 e. The number of carbonyl (C=O) groups is 2. The molecule has 7 heteroatoms. The van der Waals surface area contributed by atoms with E-state index in [0.29, 0.717) is 29.4 Å². The maximum Gasteiger partial charge on any atom is 0.278 e. The first-order chi connectivity index (χ1) is 11.4. The van der Waals surface area contributed by atoms with E-state index in [1.54, 1.807) is 28.9 Å². The molecule has 2 aromatic rings. The van der Waals surface area contributed by atoms with Gasteiger partial charge in [-0.1, -0.05) is 12.1 Å². The van der Waals surface area contributed by atoms with Crippen LogP contribution >= 0.6 is 0 Å². The molecule has 1 atom stereocenters. The second-order valence-corrected chi connectivity index (χ2v) is 5.90. The Bertz CT molecular complexity index is 827. The van der Waals surface area contributed by atoms with Crippen molar-refractivity contribution in [3.8, 4) is 5.75 Å². The second-order valence-electron chi connectivity index (χ2n) is 5.90. The highest BCUT2D eigenvalue weighted by Crippen LogP contribution is 2.34. The lowest BCUT2D eigenvalue weighted by Crippen LogP contribution is -2.56. The zero-order chi connectivity index (χ0) is 17.5. The molecule has 1 unspecified atom stereocenters. The third-order valence-corrected chi connectivity index (χ3v) is 4.24. The van der Waals surface area contributed by atoms with E-state index in [4.69, 9.17) is 4.74 Å². The monoisotopic (exact) mass is 328 g/mol. The van der Waals surface area contributed by atoms with E-state index in [1.165, 1.54) is 6.92 Å². The third-order valence-electron chi connectivity index (χ3n) is 4.24. The number of ether oxygens (including phenoxy) is 1. The number of benzene rings is 1. The first-order valence-corrected chi connectivity index (χ1v) is 7.81. The quantitative estimate of drug-likeness (QED) is 0.846. The summed E-state index contributed by atoms with van der Waals surface area (Å²) in [6, 6.07) is 7.02. The molecule has 0 spiro atoms. The number of fused-ring (bicyclic) bond motifs is 1. The second kappa shape index (κ2) is 5.67. The van der Waals surface area contributed by atoms with Gasteiger partial charge < -0.3 is 15.4 Å². The molecule has 1 aliphatic heterocycles. The summed E-state index contributed by atoms with van der Waals surface area (Å²) in [6.45, 7) is 7.82. The molecule has 0 fully saturated rings. The summed E-state index contributed by atoms with van der Waals surface area (Å²) < 4.78 is 7.52. The van der Waals surface area contributed by atoms with E-state index >= 15 is 0 Å². The fourth-order valence-electron chi connectivity index (χ4n) is 2.73. The van der Waals surface area contributed by atoms with Gasteiger partial charge in [-0.05, 0) is 39.8 Å². The van der Waals surface area contributed by atoms with Crippen molar-refractivity contribution in [2.45, 2.75) is 39.8 Å². The van der Waals surface area contributed by atoms with Gasteiger partial charge in [0.15, 0.2) is 0 Å². The Balaban J connectivity index is 1.90. The summed E-state index contributed by atoms with van der Waals surface area (Å²) in [4.78, 5) is 25.2. The van der Waals surface area contributed by atoms with Gasteiger partial charge in [-0.15, -0.1) is 0 Å². The van der Waals surface area contributed by atoms with Gasteiger partial charge in [-0.3, -0.25) is 14.3 Å². The van der Waals surface area contributed by atoms with Gasteiger partial charge in [0.25, 0.3) is 17.4 Å². The Labute approximate surface area is 140 Å². The Hall–Kier alpha value is -2.83. The lowest BCUT2D eigenvalue weighted by atomic mass is 10.0. The Morgan fingerprint density at radius 2 is 2.08 bits per heavy atom. The van der Waals surface area contributed by atoms with Crippen molar-refractivity contribution in [1.82, 2.24) is 9.78 Å². The molecule has 3 rings (SSSR count). The summed E-state index contributed by atoms with van der Waals surface area (Å²) in [5.41, 5.74) is 1.05. The standard InChI is InChI=1S/C17H20N4O3/c1-5-21-11(3)14(10(2)20-21)19-16(23)17(4)15(22)18-12-8-6-7-9-13(12)24-17/h6-9H,5H2,1-4H3,(H,18,22)(H,19,23). The molecule has 1 aromatic carbocycles. The van der Waals surface area contributed by atoms with Crippen LogP contribution in [0.2, 0.25) is 0 Å². The number of para-hydroxylation sites is 2. The number of nitrogens with zero attached hydrogens (tertiary/aromatic N) is 2. The summed E-state index contributed by atoms with van der Waals surface area (Å²) in [7, 11) is 0. The topological polar surface area (TPSA) is 85.2 Å². The summed E-state index contributed by atoms with van der Waals surface area (Å²) in [6.07, 6.45) is 0. The summed E-state index contributed by atoms with van der Waals surface area (Å²) in [5, 5.41) is 9.88. The third kappa shape index (κ3) is 2.42. The van der Waals surface area contributed by atoms with Gasteiger partial charge in [0.1, 0.15) is 5.75 Å². The van der Waals surface area contributed by atoms with Crippen molar-refractivity contribution in [1.29, 1.82) is 0 Å². The van der Waals surface area contributed by atoms with Crippen LogP contribution in [-0.2, 0) is 16.1 Å². The average molecular weight is 328 g/mol. The molecular formula is C17H20N4O3. The van der Waals surface area contributed by atoms with E-state index < -0.39 is 17.4 Å². The molecular weight excluding hydrogens is 308 g/mol. The van der Waals surface area contributed by atoms with Crippen LogP contribution in [0.4, 0.5) is 11.4 Å². The van der Waals surface area contributed by atoms with Crippen molar-refractivity contribution < 1.29 is 14.3 Å². The van der Waals surface area contributed by atoms with Crippen LogP contribution in [0.25, 0.3) is 0 Å². The molecule has 126 valence electrons. The molecule has 24 heavy (non-hydrogen) atoms. The molecule has 0 aliphatic carbocycles. The van der Waals surface area contributed by atoms with Crippen molar-refractivity contribution in [3.05, 3.63) is 35.7 Å². The Morgan fingerprint density at radius 1 is 1.38 bits per heavy atom. The van der Waals surface area contributed by atoms with Crippen molar-refractivity contribution in [2.75, 3.05) is 10.6 Å². The van der Waals surface area contributed by atoms with Crippen LogP contribution < -0.4 is 15.4 Å². The normalized spacial score (nSPS) is 19.2. The summed E-state index contributed by atoms with van der Waals surface area (Å²) in [5.74, 6) is -0.569. The molecule has 0 bridgehead atoms. The number of carbonyl (C=O) groups excluding carboxylic acids is 2. The molecule has 0 saturated heterocycles. The van der Waals surface area contributed by atoms with E-state index in [-0.39, 0.29) is 0 Å². The van der Waals surface area contributed by atoms with Crippen LogP contribution in [-0.4, -0.2) is 27.2 Å². The van der Waals surface area contributed by atoms with E-state index in [9.17, 15) is 9.59 Å². The van der Waals surface area contributed by atoms with E-state index in [2.05, 4.69) is 15.7 Å². The number of hydrogen-bond acceptors (Lipinski definition) is 4. The summed E-state index contributed by atoms with van der Waals surface area (Å²) >= 11 is 0. The fourth-order valence-corrected chi connectivity index (χ4v) is 2.73. The molecule has 7 nitrogen and oxygen atoms in total. The van der Waals surface area contributed by atoms with Gasteiger partial charge in [0.05, 0.1) is 22.8 Å². The lowest BCUT2D eigenvalue weighted by molar-refractivity contribution is -0.143. The van der Waals surface area contributed by atoms with Gasteiger partial charge in [0.2, 0.25) is 0 Å². The zero-order valence-corrected chi connectivity index (χ0v) is 14.1. The number of anilines is 2. The fraction of sp³-hybridized carbons (Fsp3) is 0.353. The molecule has 2 amide bonds. The maximum atomic E-state index is 12.8. The average Bonchev–Trinajstić information content (AvgIpc) is 2.83. The highest BCUT2D eigenvalue weighted by Gasteiger charge is 2.47. The smallest absolute Gasteiger partial charge is 0.278 e. The van der Waals surface area contributed by atoms with Crippen LogP contribution in [0.5, 0.6) is 5.75 Å². The van der Waals surface area contributed by atoms with Crippen molar-refractivity contribution in [2.24, 2.45) is 0 Å². The van der Waals surface area contributed by atoms with Gasteiger partial charge in [-0.2, -0.15) is 5.10 Å². The lowest BCUT2D eigenvalue weighted by Gasteiger charge is -2.33. The SMILES string of the molecule is CCn1nc(C)c(NC(=O)C2(C)Oc3ccccc3NC2=O)c1C. The van der Waals surface area contributed by atoms with Crippen molar-refractivity contribution in [3.63, 3.8) is 0 Å². The molecule has 1 aliphatic rings. The molecule has 0 radical (unpaired) electrons. The number of hydrogen-bond donors (Lipinski definition) is 2. The number of rotatable bonds is 3. The maximum absolute atomic E-state index is 12.8. The Morgan fingerprint density at radius 3 is 2.75 bits per heavy atom. The van der Waals surface area contributed by atoms with Crippen LogP contribution in [0.15, 0.2) is 24.3 Å². The van der Waals surface area contributed by atoms with Crippen LogP contribution in [0, 0.1) is 13.8 Å². The van der Waals surface area contributed by atoms with Gasteiger partial charge in [-0.25, -0.2) is 0 Å². The van der Waals surface area contributed by atoms with Gasteiger partial charge >= 0.3 is 0 Å². The zero-order valence-electron chi connectivity index (χ0n) is 14.1. The molecule has 2 N–H and O–H groups in total. The first-order valence-electron chi connectivity index (χ1n) is 7.81. The predicted molar refractivity (Wildman–Crippen MR) is 90.1 cm³/mol. The minimum absolute atomic E-state index is 0.465. The van der Waals surface area contributed by atoms with Crippen molar-refractivity contribution >= 4 is 23.2 Å². The first kappa shape index (κ1) is 16.0. The number of nitrogens with one attached hydrogen (secondary N) is 2. The van der Waals surface area contributed by atoms with Gasteiger partial charge in [0, 0.05) is 6.54 Å². The molecule has 1 aromatic heterocycles. The van der Waals surface area contributed by atoms with Crippen LogP contribution in [0.3, 0.4) is 0 Å². The minimum atomic E-state index is -1.65. The number of amides is 2. The predicted octanol–water partition coefficient (Wildman–Crippen LogP) is 2.25. The van der Waals surface area contributed by atoms with E-state index in [0.717, 1.165) is 5.69 Å². The molecule has 0 saturated carbocycles. The van der Waals surface area contributed by atoms with E-state index in [1.807, 2.05) is 20.8 Å². The van der Waals surface area contributed by atoms with Crippen LogP contribution in [0.1, 0.15) is 25.2 Å². The largest absolute Gasteiger partial charge is 0.466 e. The number of aromatic nitrogens is 2. The number of aryl methyl sites for hydroxylation is 2. The Kier molecular flexibility index (Phi) is 3.79. The molecule has 2 heterocycles. The highest BCUT2D eigenvalue weighted by atomic mass is 16.5. The highest BCUT2D eigenvalue weighted by molar-refractivity contribution is 6.19.